The molecule has 2 heterocycles. The average Bonchev–Trinajstić information content (AvgIpc) is 3.11. The summed E-state index contributed by atoms with van der Waals surface area (Å²) in [5.41, 5.74) is 3.18. The third-order valence-corrected chi connectivity index (χ3v) is 7.69. The number of amides is 3. The first-order valence-corrected chi connectivity index (χ1v) is 12.3. The Balaban J connectivity index is 1.13. The van der Waals surface area contributed by atoms with Gasteiger partial charge in [0.2, 0.25) is 17.7 Å². The number of aromatic nitrogens is 1. The van der Waals surface area contributed by atoms with E-state index in [0.29, 0.717) is 12.8 Å². The third-order valence-electron chi connectivity index (χ3n) is 7.69. The van der Waals surface area contributed by atoms with Gasteiger partial charge in [0.1, 0.15) is 0 Å². The number of carbonyl (C=O) groups is 3. The van der Waals surface area contributed by atoms with Crippen molar-refractivity contribution in [3.05, 3.63) is 59.9 Å². The Bertz CT molecular complexity index is 989. The molecule has 172 valence electrons. The summed E-state index contributed by atoms with van der Waals surface area (Å²) in [5.74, 6) is -0.132. The molecular formula is C27H31N3O3. The zero-order chi connectivity index (χ0) is 22.8. The van der Waals surface area contributed by atoms with Crippen LogP contribution in [0.5, 0.6) is 0 Å². The predicted molar refractivity (Wildman–Crippen MR) is 125 cm³/mol. The van der Waals surface area contributed by atoms with E-state index < -0.39 is 0 Å². The number of anilines is 1. The van der Waals surface area contributed by atoms with E-state index in [9.17, 15) is 14.4 Å². The smallest absolute Gasteiger partial charge is 0.233 e. The van der Waals surface area contributed by atoms with Crippen LogP contribution in [0.2, 0.25) is 0 Å². The van der Waals surface area contributed by atoms with E-state index >= 15 is 0 Å². The van der Waals surface area contributed by atoms with Crippen molar-refractivity contribution in [2.75, 3.05) is 5.32 Å². The van der Waals surface area contributed by atoms with Crippen LogP contribution in [-0.2, 0) is 20.8 Å². The zero-order valence-electron chi connectivity index (χ0n) is 18.9. The highest BCUT2D eigenvalue weighted by Gasteiger charge is 2.50. The Morgan fingerprint density at radius 3 is 2.00 bits per heavy atom. The molecule has 2 unspecified atom stereocenters. The average molecular weight is 446 g/mol. The van der Waals surface area contributed by atoms with Gasteiger partial charge in [-0.1, -0.05) is 25.0 Å². The highest BCUT2D eigenvalue weighted by atomic mass is 16.2. The van der Waals surface area contributed by atoms with Crippen molar-refractivity contribution >= 4 is 23.4 Å². The summed E-state index contributed by atoms with van der Waals surface area (Å²) in [6.07, 6.45) is 11.1. The topological polar surface area (TPSA) is 79.4 Å². The summed E-state index contributed by atoms with van der Waals surface area (Å²) >= 11 is 0. The van der Waals surface area contributed by atoms with Gasteiger partial charge in [-0.3, -0.25) is 24.3 Å². The van der Waals surface area contributed by atoms with Gasteiger partial charge in [-0.25, -0.2) is 0 Å². The first-order valence-electron chi connectivity index (χ1n) is 12.3. The SMILES string of the molecule is O=C(Nc1ccc(Cc2ccncc2)cc1)C1CCC(N2C(=O)C3CCCCC3C2=O)CC1. The van der Waals surface area contributed by atoms with Gasteiger partial charge in [0, 0.05) is 30.0 Å². The number of pyridine rings is 1. The Labute approximate surface area is 194 Å². The largest absolute Gasteiger partial charge is 0.326 e. The summed E-state index contributed by atoms with van der Waals surface area (Å²) in [5, 5.41) is 3.05. The van der Waals surface area contributed by atoms with Crippen LogP contribution in [0, 0.1) is 17.8 Å². The molecule has 2 atom stereocenters. The van der Waals surface area contributed by atoms with Crippen LogP contribution in [0.25, 0.3) is 0 Å². The molecule has 1 saturated heterocycles. The third kappa shape index (κ3) is 4.56. The maximum atomic E-state index is 12.9. The Morgan fingerprint density at radius 1 is 0.818 bits per heavy atom. The maximum Gasteiger partial charge on any atom is 0.233 e. The van der Waals surface area contributed by atoms with E-state index in [1.807, 2.05) is 36.4 Å². The van der Waals surface area contributed by atoms with E-state index in [4.69, 9.17) is 0 Å². The number of rotatable bonds is 5. The van der Waals surface area contributed by atoms with Gasteiger partial charge in [-0.2, -0.15) is 0 Å². The van der Waals surface area contributed by atoms with Crippen LogP contribution in [0.15, 0.2) is 48.8 Å². The Morgan fingerprint density at radius 2 is 1.39 bits per heavy atom. The van der Waals surface area contributed by atoms with Gasteiger partial charge in [0.25, 0.3) is 0 Å². The number of likely N-dealkylation sites (tertiary alicyclic amines) is 1. The molecule has 0 bridgehead atoms. The minimum Gasteiger partial charge on any atom is -0.326 e. The van der Waals surface area contributed by atoms with E-state index in [1.165, 1.54) is 11.1 Å². The fraction of sp³-hybridized carbons (Fsp3) is 0.481. The summed E-state index contributed by atoms with van der Waals surface area (Å²) in [7, 11) is 0. The van der Waals surface area contributed by atoms with Crippen molar-refractivity contribution in [2.45, 2.75) is 63.8 Å². The number of fused-ring (bicyclic) bond motifs is 1. The molecular weight excluding hydrogens is 414 g/mol. The van der Waals surface area contributed by atoms with Crippen LogP contribution in [-0.4, -0.2) is 33.6 Å². The van der Waals surface area contributed by atoms with E-state index in [1.54, 1.807) is 17.3 Å². The molecule has 1 aromatic carbocycles. The summed E-state index contributed by atoms with van der Waals surface area (Å²) in [4.78, 5) is 44.2. The number of carbonyl (C=O) groups excluding carboxylic acids is 3. The minimum absolute atomic E-state index is 0.0306. The van der Waals surface area contributed by atoms with Crippen molar-refractivity contribution in [3.63, 3.8) is 0 Å². The Hall–Kier alpha value is -3.02. The molecule has 5 rings (SSSR count). The van der Waals surface area contributed by atoms with Crippen molar-refractivity contribution < 1.29 is 14.4 Å². The lowest BCUT2D eigenvalue weighted by Crippen LogP contribution is -2.43. The highest BCUT2D eigenvalue weighted by molar-refractivity contribution is 6.05. The fourth-order valence-corrected chi connectivity index (χ4v) is 5.83. The molecule has 6 heteroatoms. The van der Waals surface area contributed by atoms with Gasteiger partial charge in [-0.05, 0) is 80.3 Å². The predicted octanol–water partition coefficient (Wildman–Crippen LogP) is 4.34. The monoisotopic (exact) mass is 445 g/mol. The normalized spacial score (nSPS) is 27.3. The van der Waals surface area contributed by atoms with Crippen molar-refractivity contribution in [1.82, 2.24) is 9.88 Å². The van der Waals surface area contributed by atoms with Gasteiger partial charge in [-0.15, -0.1) is 0 Å². The van der Waals surface area contributed by atoms with Crippen LogP contribution >= 0.6 is 0 Å². The lowest BCUT2D eigenvalue weighted by atomic mass is 9.81. The molecule has 1 aromatic heterocycles. The van der Waals surface area contributed by atoms with Crippen molar-refractivity contribution in [2.24, 2.45) is 17.8 Å². The Kier molecular flexibility index (Phi) is 6.25. The second-order valence-electron chi connectivity index (χ2n) is 9.77. The molecule has 33 heavy (non-hydrogen) atoms. The number of hydrogen-bond donors (Lipinski definition) is 1. The number of nitrogens with zero attached hydrogens (tertiary/aromatic N) is 2. The number of benzene rings is 1. The molecule has 1 N–H and O–H groups in total. The zero-order valence-corrected chi connectivity index (χ0v) is 18.9. The van der Waals surface area contributed by atoms with Crippen LogP contribution < -0.4 is 5.32 Å². The molecule has 3 amide bonds. The van der Waals surface area contributed by atoms with Crippen LogP contribution in [0.1, 0.15) is 62.5 Å². The van der Waals surface area contributed by atoms with E-state index in [2.05, 4.69) is 10.3 Å². The van der Waals surface area contributed by atoms with Crippen LogP contribution in [0.4, 0.5) is 5.69 Å². The van der Waals surface area contributed by atoms with Gasteiger partial charge in [0.15, 0.2) is 0 Å². The fourth-order valence-electron chi connectivity index (χ4n) is 5.83. The van der Waals surface area contributed by atoms with Gasteiger partial charge < -0.3 is 5.32 Å². The van der Waals surface area contributed by atoms with E-state index in [-0.39, 0.29) is 41.5 Å². The molecule has 6 nitrogen and oxygen atoms in total. The van der Waals surface area contributed by atoms with Crippen molar-refractivity contribution in [1.29, 1.82) is 0 Å². The first kappa shape index (κ1) is 21.8. The minimum atomic E-state index is -0.0891. The molecule has 1 aliphatic heterocycles. The van der Waals surface area contributed by atoms with Crippen molar-refractivity contribution in [3.8, 4) is 0 Å². The molecule has 3 aliphatic rings. The number of hydrogen-bond acceptors (Lipinski definition) is 4. The quantitative estimate of drug-likeness (QED) is 0.694. The molecule has 3 fully saturated rings. The lowest BCUT2D eigenvalue weighted by Gasteiger charge is -2.33. The second-order valence-corrected chi connectivity index (χ2v) is 9.77. The highest BCUT2D eigenvalue weighted by Crippen LogP contribution is 2.41. The lowest BCUT2D eigenvalue weighted by molar-refractivity contribution is -0.143. The first-order chi connectivity index (χ1) is 16.1. The summed E-state index contributed by atoms with van der Waals surface area (Å²) in [6.45, 7) is 0. The standard InChI is InChI=1S/C27H31N3O3/c31-25(29-21-9-5-18(6-10-21)17-19-13-15-28-16-14-19)20-7-11-22(12-8-20)30-26(32)23-3-1-2-4-24(23)27(30)33/h5-6,9-10,13-16,20,22-24H,1-4,7-8,11-12,17H2,(H,29,31). The van der Waals surface area contributed by atoms with Gasteiger partial charge in [0.05, 0.1) is 11.8 Å². The molecule has 2 aromatic rings. The summed E-state index contributed by atoms with van der Waals surface area (Å²) < 4.78 is 0. The maximum absolute atomic E-state index is 12.9. The molecule has 2 saturated carbocycles. The van der Waals surface area contributed by atoms with Gasteiger partial charge >= 0.3 is 0 Å². The summed E-state index contributed by atoms with van der Waals surface area (Å²) in [6, 6.07) is 11.9. The second kappa shape index (κ2) is 9.46. The van der Waals surface area contributed by atoms with Crippen LogP contribution in [0.3, 0.4) is 0 Å². The van der Waals surface area contributed by atoms with E-state index in [0.717, 1.165) is 50.6 Å². The molecule has 2 aliphatic carbocycles. The number of imide groups is 1. The molecule has 0 radical (unpaired) electrons. The molecule has 0 spiro atoms. The number of nitrogens with one attached hydrogen (secondary N) is 1.